The Hall–Kier alpha value is -3.02. The molecule has 0 atom stereocenters. The first-order valence-corrected chi connectivity index (χ1v) is 7.01. The molecular weight excluding hydrogens is 276 g/mol. The minimum atomic E-state index is 0.716. The predicted octanol–water partition coefficient (Wildman–Crippen LogP) is 2.52. The van der Waals surface area contributed by atoms with E-state index < -0.39 is 0 Å². The van der Waals surface area contributed by atoms with Crippen LogP contribution in [0.3, 0.4) is 0 Å². The maximum atomic E-state index is 4.60. The quantitative estimate of drug-likeness (QED) is 0.569. The van der Waals surface area contributed by atoms with Crippen LogP contribution in [0.2, 0.25) is 0 Å². The van der Waals surface area contributed by atoms with Crippen LogP contribution in [0.5, 0.6) is 0 Å². The summed E-state index contributed by atoms with van der Waals surface area (Å²) in [5.41, 5.74) is 4.22. The number of aromatic nitrogens is 6. The van der Waals surface area contributed by atoms with Gasteiger partial charge in [-0.25, -0.2) is 9.97 Å². The van der Waals surface area contributed by atoms with Crippen LogP contribution in [0.4, 0.5) is 0 Å². The zero-order chi connectivity index (χ0) is 15.1. The molecule has 6 heteroatoms. The van der Waals surface area contributed by atoms with Gasteiger partial charge < -0.3 is 4.57 Å². The molecule has 0 radical (unpaired) electrons. The molecule has 3 heterocycles. The Balaban J connectivity index is 1.89. The molecule has 1 aromatic carbocycles. The molecule has 0 bridgehead atoms. The highest BCUT2D eigenvalue weighted by Gasteiger charge is 2.17. The van der Waals surface area contributed by atoms with Crippen molar-refractivity contribution < 1.29 is 0 Å². The van der Waals surface area contributed by atoms with Gasteiger partial charge in [0.1, 0.15) is 0 Å². The number of fused-ring (bicyclic) bond motifs is 1. The second-order valence-electron chi connectivity index (χ2n) is 5.10. The van der Waals surface area contributed by atoms with Gasteiger partial charge >= 0.3 is 0 Å². The zero-order valence-electron chi connectivity index (χ0n) is 12.3. The topological polar surface area (TPSA) is 61.4 Å². The Morgan fingerprint density at radius 1 is 0.955 bits per heavy atom. The molecule has 0 amide bonds. The van der Waals surface area contributed by atoms with Crippen molar-refractivity contribution in [2.45, 2.75) is 6.92 Å². The summed E-state index contributed by atoms with van der Waals surface area (Å²) in [4.78, 5) is 10.5. The zero-order valence-corrected chi connectivity index (χ0v) is 12.3. The first-order valence-electron chi connectivity index (χ1n) is 7.01. The lowest BCUT2D eigenvalue weighted by molar-refractivity contribution is 0.745. The third-order valence-corrected chi connectivity index (χ3v) is 3.64. The van der Waals surface area contributed by atoms with Crippen LogP contribution in [-0.4, -0.2) is 29.5 Å². The number of aryl methyl sites for hydroxylation is 2. The highest BCUT2D eigenvalue weighted by molar-refractivity contribution is 5.76. The van der Waals surface area contributed by atoms with Crippen LogP contribution >= 0.6 is 0 Å². The molecule has 0 fully saturated rings. The molecule has 0 saturated carbocycles. The van der Waals surface area contributed by atoms with E-state index in [0.29, 0.717) is 5.65 Å². The minimum absolute atomic E-state index is 0.716. The Morgan fingerprint density at radius 2 is 1.77 bits per heavy atom. The van der Waals surface area contributed by atoms with E-state index in [1.807, 2.05) is 61.0 Å². The van der Waals surface area contributed by atoms with Gasteiger partial charge in [-0.2, -0.15) is 9.90 Å². The summed E-state index contributed by atoms with van der Waals surface area (Å²) in [5, 5.41) is 9.10. The van der Waals surface area contributed by atoms with Gasteiger partial charge in [0.2, 0.25) is 0 Å². The molecule has 0 saturated heterocycles. The highest BCUT2D eigenvalue weighted by Crippen LogP contribution is 2.23. The van der Waals surface area contributed by atoms with Crippen molar-refractivity contribution in [3.05, 3.63) is 54.4 Å². The highest BCUT2D eigenvalue weighted by atomic mass is 15.5. The molecule has 3 aromatic heterocycles. The Kier molecular flexibility index (Phi) is 2.75. The molecule has 0 spiro atoms. The molecule has 108 valence electrons. The van der Waals surface area contributed by atoms with Gasteiger partial charge in [-0.3, -0.25) is 0 Å². The van der Waals surface area contributed by atoms with Crippen molar-refractivity contribution in [2.24, 2.45) is 7.05 Å². The van der Waals surface area contributed by atoms with Crippen molar-refractivity contribution in [2.75, 3.05) is 0 Å². The summed E-state index contributed by atoms with van der Waals surface area (Å²) in [6.07, 6.45) is 1.74. The summed E-state index contributed by atoms with van der Waals surface area (Å²) in [5.74, 6) is 0.772. The van der Waals surface area contributed by atoms with Crippen molar-refractivity contribution in [3.8, 4) is 17.2 Å². The fourth-order valence-corrected chi connectivity index (χ4v) is 2.50. The number of benzene rings is 1. The number of pyridine rings is 1. The van der Waals surface area contributed by atoms with Crippen LogP contribution in [0.1, 0.15) is 5.69 Å². The van der Waals surface area contributed by atoms with Crippen LogP contribution in [0.25, 0.3) is 28.4 Å². The maximum Gasteiger partial charge on any atom is 0.178 e. The van der Waals surface area contributed by atoms with Crippen molar-refractivity contribution in [1.29, 1.82) is 0 Å². The Labute approximate surface area is 127 Å². The van der Waals surface area contributed by atoms with Gasteiger partial charge in [0.05, 0.1) is 16.9 Å². The molecule has 0 unspecified atom stereocenters. The third-order valence-electron chi connectivity index (χ3n) is 3.64. The van der Waals surface area contributed by atoms with Gasteiger partial charge in [-0.15, -0.1) is 5.10 Å². The number of imidazole rings is 1. The SMILES string of the molecule is Cc1nn(-c2ccccc2)nc1-c1nc2ncccc2n1C. The smallest absolute Gasteiger partial charge is 0.178 e. The van der Waals surface area contributed by atoms with Crippen LogP contribution in [-0.2, 0) is 7.05 Å². The molecule has 0 aliphatic rings. The van der Waals surface area contributed by atoms with Gasteiger partial charge in [-0.1, -0.05) is 18.2 Å². The van der Waals surface area contributed by atoms with E-state index >= 15 is 0 Å². The average molecular weight is 290 g/mol. The lowest BCUT2D eigenvalue weighted by Crippen LogP contribution is -1.99. The van der Waals surface area contributed by atoms with E-state index in [-0.39, 0.29) is 0 Å². The summed E-state index contributed by atoms with van der Waals surface area (Å²) >= 11 is 0. The second-order valence-corrected chi connectivity index (χ2v) is 5.10. The van der Waals surface area contributed by atoms with Crippen LogP contribution in [0.15, 0.2) is 48.7 Å². The lowest BCUT2D eigenvalue weighted by atomic mass is 10.3. The van der Waals surface area contributed by atoms with Crippen molar-refractivity contribution >= 4 is 11.2 Å². The van der Waals surface area contributed by atoms with Crippen LogP contribution < -0.4 is 0 Å². The molecular formula is C16H14N6. The van der Waals surface area contributed by atoms with E-state index in [0.717, 1.165) is 28.4 Å². The summed E-state index contributed by atoms with van der Waals surface area (Å²) in [6, 6.07) is 13.7. The van der Waals surface area contributed by atoms with Crippen molar-refractivity contribution in [3.63, 3.8) is 0 Å². The van der Waals surface area contributed by atoms with Gasteiger partial charge in [0, 0.05) is 13.2 Å². The normalized spacial score (nSPS) is 11.2. The molecule has 6 nitrogen and oxygen atoms in total. The number of hydrogen-bond donors (Lipinski definition) is 0. The third kappa shape index (κ3) is 1.88. The fraction of sp³-hybridized carbons (Fsp3) is 0.125. The first-order chi connectivity index (χ1) is 10.7. The number of hydrogen-bond acceptors (Lipinski definition) is 4. The number of rotatable bonds is 2. The van der Waals surface area contributed by atoms with E-state index in [4.69, 9.17) is 0 Å². The Morgan fingerprint density at radius 3 is 2.55 bits per heavy atom. The molecule has 4 aromatic rings. The van der Waals surface area contributed by atoms with E-state index in [2.05, 4.69) is 20.2 Å². The van der Waals surface area contributed by atoms with E-state index in [1.165, 1.54) is 0 Å². The number of para-hydroxylation sites is 1. The summed E-state index contributed by atoms with van der Waals surface area (Å²) < 4.78 is 1.99. The predicted molar refractivity (Wildman–Crippen MR) is 83.6 cm³/mol. The lowest BCUT2D eigenvalue weighted by Gasteiger charge is -1.99. The average Bonchev–Trinajstić information content (AvgIpc) is 3.09. The number of nitrogens with zero attached hydrogens (tertiary/aromatic N) is 6. The minimum Gasteiger partial charge on any atom is -0.324 e. The van der Waals surface area contributed by atoms with Gasteiger partial charge in [0.15, 0.2) is 17.2 Å². The first kappa shape index (κ1) is 12.7. The van der Waals surface area contributed by atoms with Gasteiger partial charge in [-0.05, 0) is 31.2 Å². The van der Waals surface area contributed by atoms with E-state index in [1.54, 1.807) is 11.0 Å². The van der Waals surface area contributed by atoms with Crippen LogP contribution in [0, 0.1) is 6.92 Å². The largest absolute Gasteiger partial charge is 0.324 e. The fourth-order valence-electron chi connectivity index (χ4n) is 2.50. The monoisotopic (exact) mass is 290 g/mol. The van der Waals surface area contributed by atoms with Crippen molar-refractivity contribution in [1.82, 2.24) is 29.5 Å². The molecule has 22 heavy (non-hydrogen) atoms. The molecule has 0 aliphatic heterocycles. The maximum absolute atomic E-state index is 4.60. The van der Waals surface area contributed by atoms with E-state index in [9.17, 15) is 0 Å². The molecule has 0 aliphatic carbocycles. The summed E-state index contributed by atoms with van der Waals surface area (Å²) in [7, 11) is 1.97. The standard InChI is InChI=1S/C16H14N6/c1-11-14(20-22(19-11)12-7-4-3-5-8-12)16-18-15-13(21(16)2)9-6-10-17-15/h3-10H,1-2H3. The Bertz CT molecular complexity index is 951. The molecule has 4 rings (SSSR count). The summed E-state index contributed by atoms with van der Waals surface area (Å²) in [6.45, 7) is 1.94. The van der Waals surface area contributed by atoms with Gasteiger partial charge in [0.25, 0.3) is 0 Å². The second kappa shape index (κ2) is 4.77. The molecule has 0 N–H and O–H groups in total.